The highest BCUT2D eigenvalue weighted by Crippen LogP contribution is 2.23. The van der Waals surface area contributed by atoms with Crippen LogP contribution in [0.1, 0.15) is 31.7 Å². The normalized spacial score (nSPS) is 15.7. The highest BCUT2D eigenvalue weighted by atomic mass is 16.1. The lowest BCUT2D eigenvalue weighted by atomic mass is 10.1. The van der Waals surface area contributed by atoms with Crippen molar-refractivity contribution in [1.82, 2.24) is 5.32 Å². The Kier molecular flexibility index (Phi) is 3.40. The Morgan fingerprint density at radius 3 is 2.62 bits per heavy atom. The van der Waals surface area contributed by atoms with Crippen molar-refractivity contribution in [3.8, 4) is 0 Å². The van der Waals surface area contributed by atoms with Gasteiger partial charge in [-0.25, -0.2) is 0 Å². The number of Topliss-reactive ketones (excluding diaryl/α,β-unsaturated/α-hetero) is 1. The van der Waals surface area contributed by atoms with Crippen molar-refractivity contribution in [1.29, 1.82) is 0 Å². The Morgan fingerprint density at radius 2 is 1.94 bits per heavy atom. The maximum absolute atomic E-state index is 11.5. The molecule has 0 saturated heterocycles. The summed E-state index contributed by atoms with van der Waals surface area (Å²) in [6.45, 7) is 2.86. The van der Waals surface area contributed by atoms with Crippen molar-refractivity contribution in [3.63, 3.8) is 0 Å². The molecule has 1 aliphatic rings. The standard InChI is InChI=1S/C14H17NO/c1-2-12-13(8-9-14(12)16)15-10-11-6-4-3-5-7-11/h3-7,15H,2,8-10H2,1H3. The number of rotatable bonds is 4. The summed E-state index contributed by atoms with van der Waals surface area (Å²) in [6, 6.07) is 10.3. The molecule has 0 unspecified atom stereocenters. The fourth-order valence-corrected chi connectivity index (χ4v) is 2.12. The number of hydrogen-bond donors (Lipinski definition) is 1. The van der Waals surface area contributed by atoms with Crippen LogP contribution in [0.4, 0.5) is 0 Å². The van der Waals surface area contributed by atoms with E-state index < -0.39 is 0 Å². The molecule has 2 nitrogen and oxygen atoms in total. The minimum Gasteiger partial charge on any atom is -0.384 e. The number of ketones is 1. The lowest BCUT2D eigenvalue weighted by Crippen LogP contribution is -2.13. The Hall–Kier alpha value is -1.57. The number of hydrogen-bond acceptors (Lipinski definition) is 2. The number of carbonyl (C=O) groups is 1. The maximum Gasteiger partial charge on any atom is 0.160 e. The van der Waals surface area contributed by atoms with Crippen LogP contribution in [0, 0.1) is 0 Å². The third kappa shape index (κ3) is 2.32. The van der Waals surface area contributed by atoms with Crippen molar-refractivity contribution in [3.05, 3.63) is 47.2 Å². The van der Waals surface area contributed by atoms with Crippen molar-refractivity contribution < 1.29 is 4.79 Å². The van der Waals surface area contributed by atoms with Gasteiger partial charge in [-0.2, -0.15) is 0 Å². The van der Waals surface area contributed by atoms with Crippen molar-refractivity contribution in [2.75, 3.05) is 0 Å². The van der Waals surface area contributed by atoms with E-state index in [1.807, 2.05) is 25.1 Å². The first kappa shape index (κ1) is 10.9. The second-order valence-corrected chi connectivity index (χ2v) is 4.07. The summed E-state index contributed by atoms with van der Waals surface area (Å²) in [5, 5.41) is 3.39. The molecule has 16 heavy (non-hydrogen) atoms. The van der Waals surface area contributed by atoms with Crippen LogP contribution in [0.25, 0.3) is 0 Å². The largest absolute Gasteiger partial charge is 0.384 e. The molecule has 1 aromatic rings. The molecule has 0 spiro atoms. The van der Waals surface area contributed by atoms with Gasteiger partial charge in [0.05, 0.1) is 0 Å². The molecule has 0 amide bonds. The zero-order valence-corrected chi connectivity index (χ0v) is 9.62. The van der Waals surface area contributed by atoms with E-state index in [1.54, 1.807) is 0 Å². The van der Waals surface area contributed by atoms with E-state index in [-0.39, 0.29) is 0 Å². The predicted octanol–water partition coefficient (Wildman–Crippen LogP) is 2.80. The van der Waals surface area contributed by atoms with E-state index in [2.05, 4.69) is 17.4 Å². The fourth-order valence-electron chi connectivity index (χ4n) is 2.12. The van der Waals surface area contributed by atoms with Gasteiger partial charge in [0.15, 0.2) is 5.78 Å². The number of carbonyl (C=O) groups excluding carboxylic acids is 1. The molecule has 2 heteroatoms. The Labute approximate surface area is 96.4 Å². The summed E-state index contributed by atoms with van der Waals surface area (Å²) < 4.78 is 0. The van der Waals surface area contributed by atoms with Gasteiger partial charge < -0.3 is 5.32 Å². The topological polar surface area (TPSA) is 29.1 Å². The molecule has 84 valence electrons. The molecule has 1 aromatic carbocycles. The molecule has 1 N–H and O–H groups in total. The van der Waals surface area contributed by atoms with E-state index in [0.29, 0.717) is 12.2 Å². The smallest absolute Gasteiger partial charge is 0.160 e. The third-order valence-electron chi connectivity index (χ3n) is 3.01. The zero-order valence-electron chi connectivity index (χ0n) is 9.62. The van der Waals surface area contributed by atoms with Crippen LogP contribution in [-0.4, -0.2) is 5.78 Å². The van der Waals surface area contributed by atoms with E-state index in [0.717, 1.165) is 30.7 Å². The molecule has 0 saturated carbocycles. The van der Waals surface area contributed by atoms with Crippen LogP contribution in [0.2, 0.25) is 0 Å². The monoisotopic (exact) mass is 215 g/mol. The highest BCUT2D eigenvalue weighted by Gasteiger charge is 2.20. The summed E-state index contributed by atoms with van der Waals surface area (Å²) in [4.78, 5) is 11.5. The molecular weight excluding hydrogens is 198 g/mol. The maximum atomic E-state index is 11.5. The van der Waals surface area contributed by atoms with Gasteiger partial charge in [0, 0.05) is 24.2 Å². The Morgan fingerprint density at radius 1 is 1.19 bits per heavy atom. The molecule has 0 heterocycles. The van der Waals surface area contributed by atoms with E-state index in [1.165, 1.54) is 5.56 Å². The van der Waals surface area contributed by atoms with Crippen LogP contribution in [-0.2, 0) is 11.3 Å². The number of allylic oxidation sites excluding steroid dienone is 2. The van der Waals surface area contributed by atoms with Crippen LogP contribution in [0.5, 0.6) is 0 Å². The molecule has 0 bridgehead atoms. The molecule has 0 aromatic heterocycles. The van der Waals surface area contributed by atoms with Gasteiger partial charge >= 0.3 is 0 Å². The minimum atomic E-state index is 0.318. The summed E-state index contributed by atoms with van der Waals surface area (Å²) in [6.07, 6.45) is 2.41. The van der Waals surface area contributed by atoms with Gasteiger partial charge in [-0.15, -0.1) is 0 Å². The van der Waals surface area contributed by atoms with Crippen LogP contribution in [0.15, 0.2) is 41.6 Å². The minimum absolute atomic E-state index is 0.318. The van der Waals surface area contributed by atoms with Crippen LogP contribution < -0.4 is 5.32 Å². The van der Waals surface area contributed by atoms with E-state index >= 15 is 0 Å². The summed E-state index contributed by atoms with van der Waals surface area (Å²) in [5.41, 5.74) is 3.40. The summed E-state index contributed by atoms with van der Waals surface area (Å²) in [7, 11) is 0. The van der Waals surface area contributed by atoms with Gasteiger partial charge in [0.1, 0.15) is 0 Å². The summed E-state index contributed by atoms with van der Waals surface area (Å²) >= 11 is 0. The van der Waals surface area contributed by atoms with Crippen molar-refractivity contribution in [2.45, 2.75) is 32.7 Å². The van der Waals surface area contributed by atoms with Crippen molar-refractivity contribution in [2.24, 2.45) is 0 Å². The van der Waals surface area contributed by atoms with E-state index in [9.17, 15) is 4.79 Å². The van der Waals surface area contributed by atoms with Crippen LogP contribution >= 0.6 is 0 Å². The first-order chi connectivity index (χ1) is 7.81. The average molecular weight is 215 g/mol. The second kappa shape index (κ2) is 4.97. The fraction of sp³-hybridized carbons (Fsp3) is 0.357. The SMILES string of the molecule is CCC1=C(NCc2ccccc2)CCC1=O. The second-order valence-electron chi connectivity index (χ2n) is 4.07. The van der Waals surface area contributed by atoms with Gasteiger partial charge in [-0.05, 0) is 18.4 Å². The molecule has 2 rings (SSSR count). The zero-order chi connectivity index (χ0) is 11.4. The molecule has 0 atom stereocenters. The number of nitrogens with one attached hydrogen (secondary N) is 1. The van der Waals surface area contributed by atoms with Gasteiger partial charge in [0.25, 0.3) is 0 Å². The predicted molar refractivity (Wildman–Crippen MR) is 64.8 cm³/mol. The first-order valence-corrected chi connectivity index (χ1v) is 5.84. The Bertz CT molecular complexity index is 406. The third-order valence-corrected chi connectivity index (χ3v) is 3.01. The molecule has 0 aliphatic heterocycles. The van der Waals surface area contributed by atoms with Crippen LogP contribution in [0.3, 0.4) is 0 Å². The quantitative estimate of drug-likeness (QED) is 0.836. The van der Waals surface area contributed by atoms with E-state index in [4.69, 9.17) is 0 Å². The molecule has 0 radical (unpaired) electrons. The lowest BCUT2D eigenvalue weighted by molar-refractivity contribution is -0.115. The highest BCUT2D eigenvalue weighted by molar-refractivity contribution is 5.98. The lowest BCUT2D eigenvalue weighted by Gasteiger charge is -2.08. The summed E-state index contributed by atoms with van der Waals surface area (Å²) in [5.74, 6) is 0.318. The van der Waals surface area contributed by atoms with Gasteiger partial charge in [0.2, 0.25) is 0 Å². The molecule has 1 aliphatic carbocycles. The molecular formula is C14H17NO. The average Bonchev–Trinajstić information content (AvgIpc) is 2.68. The Balaban J connectivity index is 2.01. The van der Waals surface area contributed by atoms with Gasteiger partial charge in [-0.1, -0.05) is 37.3 Å². The molecule has 0 fully saturated rings. The number of benzene rings is 1. The van der Waals surface area contributed by atoms with Crippen molar-refractivity contribution >= 4 is 5.78 Å². The van der Waals surface area contributed by atoms with Gasteiger partial charge in [-0.3, -0.25) is 4.79 Å². The first-order valence-electron chi connectivity index (χ1n) is 5.84.